The van der Waals surface area contributed by atoms with Crippen molar-refractivity contribution in [3.63, 3.8) is 0 Å². The lowest BCUT2D eigenvalue weighted by Gasteiger charge is -2.29. The van der Waals surface area contributed by atoms with Crippen molar-refractivity contribution in [1.29, 1.82) is 0 Å². The van der Waals surface area contributed by atoms with Gasteiger partial charge >= 0.3 is 0 Å². The molecule has 0 aromatic carbocycles. The third kappa shape index (κ3) is 3.53. The largest absolute Gasteiger partial charge is 0.354 e. The molecule has 0 atom stereocenters. The molecule has 4 aromatic heterocycles. The molecule has 0 saturated heterocycles. The fourth-order valence-corrected chi connectivity index (χ4v) is 4.16. The molecule has 8 nitrogen and oxygen atoms in total. The van der Waals surface area contributed by atoms with Crippen molar-refractivity contribution in [3.8, 4) is 11.1 Å². The van der Waals surface area contributed by atoms with Crippen LogP contribution in [0.1, 0.15) is 32.6 Å². The molecule has 0 aliphatic heterocycles. The van der Waals surface area contributed by atoms with Gasteiger partial charge in [-0.1, -0.05) is 0 Å². The molecule has 4 heterocycles. The van der Waals surface area contributed by atoms with Gasteiger partial charge in [-0.3, -0.25) is 4.79 Å². The summed E-state index contributed by atoms with van der Waals surface area (Å²) in [6.07, 6.45) is 11.5. The number of nitrogens with one attached hydrogen (secondary N) is 3. The van der Waals surface area contributed by atoms with Crippen LogP contribution in [0.4, 0.5) is 5.95 Å². The maximum atomic E-state index is 11.2. The van der Waals surface area contributed by atoms with E-state index in [0.717, 1.165) is 53.4 Å². The zero-order valence-electron chi connectivity index (χ0n) is 16.2. The molecule has 0 unspecified atom stereocenters. The van der Waals surface area contributed by atoms with Gasteiger partial charge in [-0.25, -0.2) is 9.50 Å². The van der Waals surface area contributed by atoms with Crippen molar-refractivity contribution < 1.29 is 4.79 Å². The zero-order chi connectivity index (χ0) is 19.8. The van der Waals surface area contributed by atoms with Gasteiger partial charge in [0.15, 0.2) is 0 Å². The molecular formula is C21H23N7O. The first-order chi connectivity index (χ1) is 14.2. The highest BCUT2D eigenvalue weighted by Crippen LogP contribution is 2.29. The summed E-state index contributed by atoms with van der Waals surface area (Å²) in [5.41, 5.74) is 4.04. The highest BCUT2D eigenvalue weighted by atomic mass is 16.1. The summed E-state index contributed by atoms with van der Waals surface area (Å²) in [5, 5.41) is 11.7. The monoisotopic (exact) mass is 389 g/mol. The van der Waals surface area contributed by atoms with E-state index in [9.17, 15) is 4.79 Å². The Morgan fingerprint density at radius 3 is 2.86 bits per heavy atom. The van der Waals surface area contributed by atoms with Crippen LogP contribution < -0.4 is 10.6 Å². The first-order valence-electron chi connectivity index (χ1n) is 9.97. The number of hydrogen-bond donors (Lipinski definition) is 3. The normalized spacial score (nSPS) is 19.5. The smallest absolute Gasteiger partial charge is 0.224 e. The summed E-state index contributed by atoms with van der Waals surface area (Å²) in [5.74, 6) is 0.685. The second kappa shape index (κ2) is 7.20. The van der Waals surface area contributed by atoms with Crippen molar-refractivity contribution in [2.75, 3.05) is 5.32 Å². The minimum absolute atomic E-state index is 0.0464. The molecule has 148 valence electrons. The number of fused-ring (bicyclic) bond motifs is 2. The molecule has 1 amide bonds. The first-order valence-corrected chi connectivity index (χ1v) is 9.97. The van der Waals surface area contributed by atoms with Gasteiger partial charge in [-0.2, -0.15) is 10.1 Å². The lowest BCUT2D eigenvalue weighted by molar-refractivity contribution is -0.119. The number of carbonyl (C=O) groups excluding carboxylic acids is 1. The Kier molecular flexibility index (Phi) is 4.38. The molecule has 3 N–H and O–H groups in total. The quantitative estimate of drug-likeness (QED) is 0.498. The van der Waals surface area contributed by atoms with Crippen LogP contribution >= 0.6 is 0 Å². The Hall–Kier alpha value is -3.42. The Morgan fingerprint density at radius 2 is 2.03 bits per heavy atom. The predicted molar refractivity (Wildman–Crippen MR) is 112 cm³/mol. The van der Waals surface area contributed by atoms with Gasteiger partial charge in [0.2, 0.25) is 11.9 Å². The van der Waals surface area contributed by atoms with Gasteiger partial charge in [0.25, 0.3) is 0 Å². The van der Waals surface area contributed by atoms with E-state index >= 15 is 0 Å². The molecule has 1 aliphatic carbocycles. The summed E-state index contributed by atoms with van der Waals surface area (Å²) in [6, 6.07) is 6.75. The Bertz CT molecular complexity index is 1170. The molecule has 1 fully saturated rings. The highest BCUT2D eigenvalue weighted by molar-refractivity contribution is 5.94. The van der Waals surface area contributed by atoms with Gasteiger partial charge < -0.3 is 15.6 Å². The summed E-state index contributed by atoms with van der Waals surface area (Å²) in [7, 11) is 0. The van der Waals surface area contributed by atoms with Crippen molar-refractivity contribution >= 4 is 28.4 Å². The molecule has 0 spiro atoms. The average Bonchev–Trinajstić information content (AvgIpc) is 3.35. The molecule has 1 saturated carbocycles. The number of aromatic amines is 1. The van der Waals surface area contributed by atoms with Crippen molar-refractivity contribution in [1.82, 2.24) is 29.9 Å². The third-order valence-corrected chi connectivity index (χ3v) is 5.61. The number of anilines is 1. The molecule has 8 heteroatoms. The van der Waals surface area contributed by atoms with E-state index in [4.69, 9.17) is 0 Å². The number of amides is 1. The van der Waals surface area contributed by atoms with E-state index in [1.165, 1.54) is 0 Å². The van der Waals surface area contributed by atoms with Gasteiger partial charge in [-0.05, 0) is 49.4 Å². The molecule has 5 rings (SSSR count). The molecular weight excluding hydrogens is 366 g/mol. The predicted octanol–water partition coefficient (Wildman–Crippen LogP) is 3.13. The van der Waals surface area contributed by atoms with Crippen LogP contribution in [0.15, 0.2) is 43.0 Å². The number of carbonyl (C=O) groups is 1. The van der Waals surface area contributed by atoms with Gasteiger partial charge in [0.05, 0.1) is 5.52 Å². The first kappa shape index (κ1) is 17.7. The SMILES string of the molecule is CC(=O)N[C@H]1CC[C@H](Nc2ncc3c(-c4ccn5nccc5c4)c[nH]c3n2)CC1. The van der Waals surface area contributed by atoms with Crippen LogP contribution in [0.25, 0.3) is 27.7 Å². The van der Waals surface area contributed by atoms with Gasteiger partial charge in [-0.15, -0.1) is 0 Å². The lowest BCUT2D eigenvalue weighted by atomic mass is 9.91. The van der Waals surface area contributed by atoms with Crippen molar-refractivity contribution in [2.45, 2.75) is 44.7 Å². The van der Waals surface area contributed by atoms with Gasteiger partial charge in [0.1, 0.15) is 5.65 Å². The zero-order valence-corrected chi connectivity index (χ0v) is 16.2. The Labute approximate surface area is 167 Å². The Balaban J connectivity index is 1.32. The van der Waals surface area contributed by atoms with E-state index in [1.54, 1.807) is 13.1 Å². The van der Waals surface area contributed by atoms with Gasteiger partial charge in [0, 0.05) is 54.7 Å². The van der Waals surface area contributed by atoms with Crippen LogP contribution in [0, 0.1) is 0 Å². The molecule has 0 radical (unpaired) electrons. The second-order valence-corrected chi connectivity index (χ2v) is 7.67. The van der Waals surface area contributed by atoms with Crippen LogP contribution in [0.5, 0.6) is 0 Å². The van der Waals surface area contributed by atoms with E-state index in [-0.39, 0.29) is 11.9 Å². The van der Waals surface area contributed by atoms with Crippen LogP contribution in [-0.4, -0.2) is 42.6 Å². The Morgan fingerprint density at radius 1 is 1.21 bits per heavy atom. The fraction of sp³-hybridized carbons (Fsp3) is 0.333. The highest BCUT2D eigenvalue weighted by Gasteiger charge is 2.22. The summed E-state index contributed by atoms with van der Waals surface area (Å²) >= 11 is 0. The molecule has 29 heavy (non-hydrogen) atoms. The van der Waals surface area contributed by atoms with Crippen molar-refractivity contribution in [3.05, 3.63) is 43.0 Å². The van der Waals surface area contributed by atoms with Crippen LogP contribution in [-0.2, 0) is 4.79 Å². The number of H-pyrrole nitrogens is 1. The number of nitrogens with zero attached hydrogens (tertiary/aromatic N) is 4. The summed E-state index contributed by atoms with van der Waals surface area (Å²) in [6.45, 7) is 1.58. The van der Waals surface area contributed by atoms with Crippen LogP contribution in [0.2, 0.25) is 0 Å². The minimum atomic E-state index is 0.0464. The summed E-state index contributed by atoms with van der Waals surface area (Å²) < 4.78 is 1.84. The van der Waals surface area contributed by atoms with E-state index in [1.807, 2.05) is 35.2 Å². The van der Waals surface area contributed by atoms with E-state index in [2.05, 4.69) is 36.8 Å². The molecule has 0 bridgehead atoms. The lowest BCUT2D eigenvalue weighted by Crippen LogP contribution is -2.39. The average molecular weight is 389 g/mol. The maximum Gasteiger partial charge on any atom is 0.224 e. The molecule has 4 aromatic rings. The fourth-order valence-electron chi connectivity index (χ4n) is 4.16. The second-order valence-electron chi connectivity index (χ2n) is 7.67. The summed E-state index contributed by atoms with van der Waals surface area (Å²) in [4.78, 5) is 23.7. The standard InChI is InChI=1S/C21H23N7O/c1-13(29)25-15-2-4-16(5-3-15)26-21-23-12-19-18(11-22-20(19)27-21)14-7-9-28-17(10-14)6-8-24-28/h6-12,15-16H,2-5H2,1H3,(H,25,29)(H2,22,23,26,27)/t15-,16-. The van der Waals surface area contributed by atoms with Crippen LogP contribution in [0.3, 0.4) is 0 Å². The minimum Gasteiger partial charge on any atom is -0.354 e. The number of rotatable bonds is 4. The number of hydrogen-bond acceptors (Lipinski definition) is 5. The number of pyridine rings is 1. The van der Waals surface area contributed by atoms with Crippen molar-refractivity contribution in [2.24, 2.45) is 0 Å². The molecule has 1 aliphatic rings. The van der Waals surface area contributed by atoms with E-state index in [0.29, 0.717) is 12.0 Å². The topological polar surface area (TPSA) is 100 Å². The van der Waals surface area contributed by atoms with E-state index < -0.39 is 0 Å². The third-order valence-electron chi connectivity index (χ3n) is 5.61. The maximum absolute atomic E-state index is 11.2. The number of aromatic nitrogens is 5.